The molecule has 0 aliphatic carbocycles. The number of rotatable bonds is 7. The molecule has 8 heteroatoms. The molecule has 0 amide bonds. The standard InChI is InChI=1S/C62H67N4O2Si.Pt/c1-38-52-56(68-58(38)69(14,15)45-25-20-17-21-26-45)53(64-37-63-52)41-31-40(32-43(33-41)60(5,6)7)46-27-22-28-51-54(46)65-57(48-35-44(61(8,9)10)36-49(55(48)67)62(11,12)13)66(51)50-30-29-42(59(2,3)4)34-47(50)39-23-18-16-19-24-39;/h16-30,32-37,67H,1-15H3;/q-1;. The number of aryl methyl sites for hydroxylation is 1. The molecule has 0 fully saturated rings. The molecular weight excluding hydrogens is 1060 g/mol. The Morgan fingerprint density at radius 3 is 1.81 bits per heavy atom. The monoisotopic (exact) mass is 1120 g/mol. The van der Waals surface area contributed by atoms with Crippen LogP contribution in [0.3, 0.4) is 0 Å². The Morgan fingerprint density at radius 2 is 1.19 bits per heavy atom. The summed E-state index contributed by atoms with van der Waals surface area (Å²) in [6.45, 7) is 33.5. The van der Waals surface area contributed by atoms with Crippen molar-refractivity contribution in [3.05, 3.63) is 162 Å². The summed E-state index contributed by atoms with van der Waals surface area (Å²) in [5.41, 5.74) is 15.0. The van der Waals surface area contributed by atoms with Gasteiger partial charge in [-0.25, -0.2) is 9.97 Å². The molecular formula is C62H67N4O2PtSi-. The van der Waals surface area contributed by atoms with Gasteiger partial charge in [-0.2, -0.15) is 0 Å². The molecule has 0 unspecified atom stereocenters. The van der Waals surface area contributed by atoms with Gasteiger partial charge in [-0.15, -0.1) is 29.3 Å². The topological polar surface area (TPSA) is 77.0 Å². The summed E-state index contributed by atoms with van der Waals surface area (Å²) >= 11 is 0. The molecule has 0 saturated heterocycles. The molecule has 9 rings (SSSR count). The smallest absolute Gasteiger partial charge is 0.157 e. The van der Waals surface area contributed by atoms with E-state index in [-0.39, 0.29) is 48.5 Å². The maximum atomic E-state index is 12.6. The van der Waals surface area contributed by atoms with Crippen molar-refractivity contribution in [3.8, 4) is 56.3 Å². The molecule has 0 radical (unpaired) electrons. The third kappa shape index (κ3) is 9.16. The maximum Gasteiger partial charge on any atom is 0.157 e. The summed E-state index contributed by atoms with van der Waals surface area (Å²) in [5.74, 6) is 0.907. The first-order valence-electron chi connectivity index (χ1n) is 24.3. The van der Waals surface area contributed by atoms with Gasteiger partial charge >= 0.3 is 0 Å². The van der Waals surface area contributed by atoms with Crippen LogP contribution in [0.2, 0.25) is 13.1 Å². The van der Waals surface area contributed by atoms with Gasteiger partial charge in [-0.3, -0.25) is 9.55 Å². The Bertz CT molecular complexity index is 3410. The number of phenols is 1. The number of para-hydroxylation sites is 1. The van der Waals surface area contributed by atoms with E-state index in [0.29, 0.717) is 22.7 Å². The van der Waals surface area contributed by atoms with Gasteiger partial charge in [0.15, 0.2) is 8.07 Å². The van der Waals surface area contributed by atoms with Gasteiger partial charge in [-0.1, -0.05) is 197 Å². The molecule has 3 heterocycles. The molecule has 1 N–H and O–H groups in total. The molecule has 0 bridgehead atoms. The van der Waals surface area contributed by atoms with Gasteiger partial charge in [0, 0.05) is 37.8 Å². The average Bonchev–Trinajstić information content (AvgIpc) is 3.86. The van der Waals surface area contributed by atoms with E-state index in [1.54, 1.807) is 6.33 Å². The van der Waals surface area contributed by atoms with Crippen LogP contribution < -0.4 is 10.6 Å². The number of benzene rings is 6. The van der Waals surface area contributed by atoms with Crippen molar-refractivity contribution < 1.29 is 30.6 Å². The third-order valence-electron chi connectivity index (χ3n) is 13.9. The molecule has 0 aliphatic rings. The zero-order chi connectivity index (χ0) is 49.6. The second kappa shape index (κ2) is 18.1. The van der Waals surface area contributed by atoms with Crippen LogP contribution in [0.1, 0.15) is 111 Å². The summed E-state index contributed by atoms with van der Waals surface area (Å²) in [4.78, 5) is 15.5. The molecule has 362 valence electrons. The SMILES string of the molecule is Cc1c([Si](C)(C)c2ccccc2)oc2c(-c3[c-]c(-c4cccc5c4nc(-c4cc(C(C)(C)C)cc(C(C)(C)C)c4O)n5-c4ccc(C(C)(C)C)cc4-c4ccccc4)cc(C(C)(C)C)c3)ncnc12.[Pt]. The van der Waals surface area contributed by atoms with Crippen molar-refractivity contribution in [3.63, 3.8) is 0 Å². The minimum absolute atomic E-state index is 0. The second-order valence-electron chi connectivity index (χ2n) is 23.6. The van der Waals surface area contributed by atoms with Crippen molar-refractivity contribution in [2.45, 2.75) is 125 Å². The first-order valence-corrected chi connectivity index (χ1v) is 27.3. The van der Waals surface area contributed by atoms with Crippen LogP contribution in [0.4, 0.5) is 0 Å². The summed E-state index contributed by atoms with van der Waals surface area (Å²) in [7, 11) is -2.25. The molecule has 6 nitrogen and oxygen atoms in total. The number of aromatic hydroxyl groups is 1. The van der Waals surface area contributed by atoms with Gasteiger partial charge in [-0.05, 0) is 69.5 Å². The van der Waals surface area contributed by atoms with Crippen molar-refractivity contribution >= 4 is 40.8 Å². The molecule has 0 atom stereocenters. The van der Waals surface area contributed by atoms with Gasteiger partial charge < -0.3 is 9.52 Å². The van der Waals surface area contributed by atoms with Gasteiger partial charge in [0.2, 0.25) is 0 Å². The Balaban J connectivity index is 0.00000659. The maximum absolute atomic E-state index is 12.6. The Morgan fingerprint density at radius 1 is 0.586 bits per heavy atom. The number of phenolic OH excluding ortho intramolecular Hbond substituents is 1. The Hall–Kier alpha value is -5.88. The van der Waals surface area contributed by atoms with E-state index in [4.69, 9.17) is 19.4 Å². The van der Waals surface area contributed by atoms with E-state index in [1.165, 1.54) is 10.8 Å². The van der Waals surface area contributed by atoms with E-state index in [2.05, 4.69) is 235 Å². The summed E-state index contributed by atoms with van der Waals surface area (Å²) < 4.78 is 9.27. The second-order valence-corrected chi connectivity index (χ2v) is 27.9. The van der Waals surface area contributed by atoms with Crippen LogP contribution in [-0.4, -0.2) is 32.7 Å². The number of fused-ring (bicyclic) bond motifs is 2. The molecule has 0 spiro atoms. The zero-order valence-corrected chi connectivity index (χ0v) is 46.9. The normalized spacial score (nSPS) is 12.7. The van der Waals surface area contributed by atoms with E-state index in [0.717, 1.165) is 77.7 Å². The fourth-order valence-corrected chi connectivity index (χ4v) is 12.4. The Kier molecular flexibility index (Phi) is 13.0. The fourth-order valence-electron chi connectivity index (χ4n) is 9.67. The first-order chi connectivity index (χ1) is 32.3. The van der Waals surface area contributed by atoms with Crippen LogP contribution in [0, 0.1) is 13.0 Å². The number of furan rings is 1. The molecule has 0 saturated carbocycles. The number of hydrogen-bond acceptors (Lipinski definition) is 5. The van der Waals surface area contributed by atoms with Gasteiger partial charge in [0.25, 0.3) is 0 Å². The molecule has 70 heavy (non-hydrogen) atoms. The number of imidazole rings is 1. The third-order valence-corrected chi connectivity index (χ3v) is 17.3. The molecule has 3 aromatic heterocycles. The van der Waals surface area contributed by atoms with Crippen LogP contribution in [-0.2, 0) is 42.7 Å². The van der Waals surface area contributed by atoms with E-state index >= 15 is 0 Å². The first kappa shape index (κ1) is 50.5. The van der Waals surface area contributed by atoms with E-state index < -0.39 is 8.07 Å². The van der Waals surface area contributed by atoms with Gasteiger partial charge in [0.1, 0.15) is 29.0 Å². The quantitative estimate of drug-likeness (QED) is 0.127. The average molecular weight is 1120 g/mol. The Labute approximate surface area is 431 Å². The number of hydrogen-bond donors (Lipinski definition) is 1. The van der Waals surface area contributed by atoms with E-state index in [1.807, 2.05) is 0 Å². The largest absolute Gasteiger partial charge is 0.507 e. The molecule has 0 aliphatic heterocycles. The molecule has 9 aromatic rings. The number of aromatic nitrogens is 4. The van der Waals surface area contributed by atoms with Crippen molar-refractivity contribution in [2.24, 2.45) is 0 Å². The van der Waals surface area contributed by atoms with Crippen LogP contribution >= 0.6 is 0 Å². The van der Waals surface area contributed by atoms with Gasteiger partial charge in [0.05, 0.1) is 33.4 Å². The minimum Gasteiger partial charge on any atom is -0.507 e. The molecule has 6 aromatic carbocycles. The van der Waals surface area contributed by atoms with Crippen LogP contribution in [0.5, 0.6) is 5.75 Å². The van der Waals surface area contributed by atoms with Crippen LogP contribution in [0.25, 0.3) is 72.7 Å². The van der Waals surface area contributed by atoms with Crippen LogP contribution in [0.15, 0.2) is 132 Å². The fraction of sp³-hybridized carbons (Fsp3) is 0.306. The van der Waals surface area contributed by atoms with Crippen molar-refractivity contribution in [1.29, 1.82) is 0 Å². The number of nitrogens with zero attached hydrogens (tertiary/aromatic N) is 4. The summed E-state index contributed by atoms with van der Waals surface area (Å²) in [6.07, 6.45) is 1.66. The minimum atomic E-state index is -2.25. The predicted octanol–water partition coefficient (Wildman–Crippen LogP) is 15.1. The zero-order valence-electron chi connectivity index (χ0n) is 43.6. The van der Waals surface area contributed by atoms with E-state index in [9.17, 15) is 5.11 Å². The summed E-state index contributed by atoms with van der Waals surface area (Å²) in [6, 6.07) is 47.2. The van der Waals surface area contributed by atoms with Crippen molar-refractivity contribution in [1.82, 2.24) is 19.5 Å². The van der Waals surface area contributed by atoms with Crippen molar-refractivity contribution in [2.75, 3.05) is 0 Å². The predicted molar refractivity (Wildman–Crippen MR) is 291 cm³/mol. The summed E-state index contributed by atoms with van der Waals surface area (Å²) in [5, 5.41) is 14.9.